The van der Waals surface area contributed by atoms with E-state index in [4.69, 9.17) is 0 Å². The molecule has 2 rings (SSSR count). The first-order valence-electron chi connectivity index (χ1n) is 8.43. The maximum Gasteiger partial charge on any atom is 0.0112 e. The molecule has 0 spiro atoms. The van der Waals surface area contributed by atoms with E-state index in [1.54, 1.807) is 0 Å². The van der Waals surface area contributed by atoms with Gasteiger partial charge in [0, 0.05) is 45.3 Å². The van der Waals surface area contributed by atoms with Crippen LogP contribution in [0.3, 0.4) is 0 Å². The predicted octanol–water partition coefficient (Wildman–Crippen LogP) is 2.18. The third-order valence-electron chi connectivity index (χ3n) is 4.75. The number of nitrogens with one attached hydrogen (secondary N) is 1. The van der Waals surface area contributed by atoms with E-state index < -0.39 is 0 Å². The second-order valence-corrected chi connectivity index (χ2v) is 6.75. The Bertz CT molecular complexity index is 230. The number of piperazine rings is 1. The fraction of sp³-hybridized carbons (Fsp3) is 1.00. The van der Waals surface area contributed by atoms with Gasteiger partial charge in [-0.1, -0.05) is 26.7 Å². The van der Waals surface area contributed by atoms with E-state index in [-0.39, 0.29) is 0 Å². The molecule has 1 aliphatic carbocycles. The molecule has 0 radical (unpaired) electrons. The molecule has 3 nitrogen and oxygen atoms in total. The molecule has 0 unspecified atom stereocenters. The molecule has 1 saturated heterocycles. The monoisotopic (exact) mass is 267 g/mol. The molecule has 19 heavy (non-hydrogen) atoms. The minimum absolute atomic E-state index is 0.836. The zero-order valence-electron chi connectivity index (χ0n) is 13.0. The zero-order valence-corrected chi connectivity index (χ0v) is 13.0. The topological polar surface area (TPSA) is 18.5 Å². The van der Waals surface area contributed by atoms with E-state index in [1.807, 2.05) is 0 Å². The van der Waals surface area contributed by atoms with E-state index in [1.165, 1.54) is 77.9 Å². The lowest BCUT2D eigenvalue weighted by Crippen LogP contribution is -2.47. The smallest absolute Gasteiger partial charge is 0.0112 e. The lowest BCUT2D eigenvalue weighted by Gasteiger charge is -2.33. The quantitative estimate of drug-likeness (QED) is 0.763. The first kappa shape index (κ1) is 15.3. The van der Waals surface area contributed by atoms with Gasteiger partial charge in [-0.05, 0) is 31.7 Å². The molecule has 2 fully saturated rings. The summed E-state index contributed by atoms with van der Waals surface area (Å²) in [5.41, 5.74) is 0. The van der Waals surface area contributed by atoms with Gasteiger partial charge >= 0.3 is 0 Å². The van der Waals surface area contributed by atoms with Crippen molar-refractivity contribution in [2.45, 2.75) is 52.0 Å². The van der Waals surface area contributed by atoms with Crippen LogP contribution in [0, 0.1) is 5.92 Å². The molecule has 0 atom stereocenters. The van der Waals surface area contributed by atoms with Gasteiger partial charge in [0.25, 0.3) is 0 Å². The zero-order chi connectivity index (χ0) is 13.5. The first-order valence-corrected chi connectivity index (χ1v) is 8.43. The van der Waals surface area contributed by atoms with Gasteiger partial charge in [0.05, 0.1) is 0 Å². The molecular formula is C16H33N3. The molecule has 0 aromatic carbocycles. The fourth-order valence-corrected chi connectivity index (χ4v) is 3.38. The summed E-state index contributed by atoms with van der Waals surface area (Å²) in [5.74, 6) is 0.836. The normalized spacial score (nSPS) is 22.7. The summed E-state index contributed by atoms with van der Waals surface area (Å²) in [6.07, 6.45) is 7.16. The third kappa shape index (κ3) is 5.41. The van der Waals surface area contributed by atoms with Gasteiger partial charge in [0.15, 0.2) is 0 Å². The SMILES string of the molecule is CC(C)CCN(CCN1CCNCC1)C1CCCC1. The molecule has 0 amide bonds. The van der Waals surface area contributed by atoms with E-state index in [0.29, 0.717) is 0 Å². The summed E-state index contributed by atoms with van der Waals surface area (Å²) >= 11 is 0. The number of nitrogens with zero attached hydrogens (tertiary/aromatic N) is 2. The van der Waals surface area contributed by atoms with Crippen molar-refractivity contribution in [1.82, 2.24) is 15.1 Å². The van der Waals surface area contributed by atoms with Crippen molar-refractivity contribution in [2.24, 2.45) is 5.92 Å². The molecule has 0 aromatic rings. The average molecular weight is 267 g/mol. The predicted molar refractivity (Wildman–Crippen MR) is 82.6 cm³/mol. The lowest BCUT2D eigenvalue weighted by molar-refractivity contribution is 0.147. The highest BCUT2D eigenvalue weighted by Gasteiger charge is 2.23. The Morgan fingerprint density at radius 3 is 2.42 bits per heavy atom. The van der Waals surface area contributed by atoms with Crippen molar-refractivity contribution in [3.8, 4) is 0 Å². The maximum absolute atomic E-state index is 3.44. The standard InChI is InChI=1S/C16H33N3/c1-15(2)7-10-19(16-5-3-4-6-16)14-13-18-11-8-17-9-12-18/h15-17H,3-14H2,1-2H3. The van der Waals surface area contributed by atoms with Gasteiger partial charge < -0.3 is 5.32 Å². The van der Waals surface area contributed by atoms with Crippen LogP contribution in [-0.2, 0) is 0 Å². The van der Waals surface area contributed by atoms with Crippen LogP contribution < -0.4 is 5.32 Å². The molecule has 0 bridgehead atoms. The van der Waals surface area contributed by atoms with Crippen LogP contribution in [0.4, 0.5) is 0 Å². The van der Waals surface area contributed by atoms with Gasteiger partial charge in [-0.15, -0.1) is 0 Å². The second-order valence-electron chi connectivity index (χ2n) is 6.75. The maximum atomic E-state index is 3.44. The van der Waals surface area contributed by atoms with Crippen LogP contribution in [-0.4, -0.2) is 61.7 Å². The van der Waals surface area contributed by atoms with Crippen LogP contribution in [0.15, 0.2) is 0 Å². The summed E-state index contributed by atoms with van der Waals surface area (Å²) in [7, 11) is 0. The Balaban J connectivity index is 1.74. The van der Waals surface area contributed by atoms with Crippen molar-refractivity contribution in [3.63, 3.8) is 0 Å². The summed E-state index contributed by atoms with van der Waals surface area (Å²) in [6.45, 7) is 13.4. The highest BCUT2D eigenvalue weighted by molar-refractivity contribution is 4.79. The van der Waals surface area contributed by atoms with E-state index in [0.717, 1.165) is 12.0 Å². The van der Waals surface area contributed by atoms with Gasteiger partial charge in [-0.25, -0.2) is 0 Å². The summed E-state index contributed by atoms with van der Waals surface area (Å²) in [5, 5.41) is 3.44. The molecular weight excluding hydrogens is 234 g/mol. The van der Waals surface area contributed by atoms with Crippen LogP contribution in [0.25, 0.3) is 0 Å². The van der Waals surface area contributed by atoms with Crippen molar-refractivity contribution in [1.29, 1.82) is 0 Å². The Hall–Kier alpha value is -0.120. The Kier molecular flexibility index (Phi) is 6.62. The van der Waals surface area contributed by atoms with Crippen LogP contribution in [0.5, 0.6) is 0 Å². The molecule has 1 saturated carbocycles. The highest BCUT2D eigenvalue weighted by Crippen LogP contribution is 2.24. The van der Waals surface area contributed by atoms with Gasteiger partial charge in [0.1, 0.15) is 0 Å². The minimum Gasteiger partial charge on any atom is -0.314 e. The first-order chi connectivity index (χ1) is 9.25. The molecule has 1 N–H and O–H groups in total. The summed E-state index contributed by atoms with van der Waals surface area (Å²) < 4.78 is 0. The van der Waals surface area contributed by atoms with Crippen LogP contribution in [0.1, 0.15) is 46.0 Å². The minimum atomic E-state index is 0.836. The fourth-order valence-electron chi connectivity index (χ4n) is 3.38. The summed E-state index contributed by atoms with van der Waals surface area (Å²) in [4.78, 5) is 5.43. The van der Waals surface area contributed by atoms with Crippen molar-refractivity contribution < 1.29 is 0 Å². The second kappa shape index (κ2) is 8.23. The van der Waals surface area contributed by atoms with E-state index >= 15 is 0 Å². The number of hydrogen-bond acceptors (Lipinski definition) is 3. The largest absolute Gasteiger partial charge is 0.314 e. The Morgan fingerprint density at radius 2 is 1.79 bits per heavy atom. The summed E-state index contributed by atoms with van der Waals surface area (Å²) in [6, 6.07) is 0.890. The Morgan fingerprint density at radius 1 is 1.11 bits per heavy atom. The highest BCUT2D eigenvalue weighted by atomic mass is 15.2. The van der Waals surface area contributed by atoms with E-state index in [9.17, 15) is 0 Å². The van der Waals surface area contributed by atoms with Crippen molar-refractivity contribution in [3.05, 3.63) is 0 Å². The average Bonchev–Trinajstić information content (AvgIpc) is 2.93. The molecule has 112 valence electrons. The lowest BCUT2D eigenvalue weighted by atomic mass is 10.1. The number of hydrogen-bond donors (Lipinski definition) is 1. The molecule has 1 heterocycles. The van der Waals surface area contributed by atoms with E-state index in [2.05, 4.69) is 29.0 Å². The van der Waals surface area contributed by atoms with Crippen molar-refractivity contribution >= 4 is 0 Å². The van der Waals surface area contributed by atoms with Crippen LogP contribution in [0.2, 0.25) is 0 Å². The van der Waals surface area contributed by atoms with Crippen molar-refractivity contribution in [2.75, 3.05) is 45.8 Å². The number of rotatable bonds is 7. The molecule has 3 heteroatoms. The Labute approximate surface area is 119 Å². The van der Waals surface area contributed by atoms with Gasteiger partial charge in [0.2, 0.25) is 0 Å². The van der Waals surface area contributed by atoms with Crippen LogP contribution >= 0.6 is 0 Å². The molecule has 0 aromatic heterocycles. The van der Waals surface area contributed by atoms with Gasteiger partial charge in [-0.2, -0.15) is 0 Å². The molecule has 1 aliphatic heterocycles. The van der Waals surface area contributed by atoms with Gasteiger partial charge in [-0.3, -0.25) is 9.80 Å². The molecule has 2 aliphatic rings. The third-order valence-corrected chi connectivity index (χ3v) is 4.75.